The lowest BCUT2D eigenvalue weighted by Gasteiger charge is -2.01. The number of hydrogen-bond acceptors (Lipinski definition) is 2. The van der Waals surface area contributed by atoms with Crippen LogP contribution in [-0.2, 0) is 0 Å². The average molecular weight is 189 g/mol. The van der Waals surface area contributed by atoms with Crippen molar-refractivity contribution in [2.75, 3.05) is 0 Å². The van der Waals surface area contributed by atoms with E-state index in [2.05, 4.69) is 4.98 Å². The normalized spacial score (nSPS) is 19.1. The highest BCUT2D eigenvalue weighted by molar-refractivity contribution is 5.69. The molecule has 2 rings (SSSR count). The summed E-state index contributed by atoms with van der Waals surface area (Å²) in [7, 11) is 0. The summed E-state index contributed by atoms with van der Waals surface area (Å²) >= 11 is 0. The first-order valence-electron chi connectivity index (χ1n) is 4.49. The molecule has 0 saturated carbocycles. The van der Waals surface area contributed by atoms with Crippen LogP contribution in [0.2, 0.25) is 0 Å². The Morgan fingerprint density at radius 3 is 2.86 bits per heavy atom. The Morgan fingerprint density at radius 1 is 1.36 bits per heavy atom. The van der Waals surface area contributed by atoms with E-state index >= 15 is 0 Å². The summed E-state index contributed by atoms with van der Waals surface area (Å²) in [5, 5.41) is 9.54. The fourth-order valence-corrected chi connectivity index (χ4v) is 1.44. The van der Waals surface area contributed by atoms with Gasteiger partial charge in [0.15, 0.2) is 0 Å². The zero-order valence-electron chi connectivity index (χ0n) is 7.82. The molecule has 0 aromatic carbocycles. The maximum atomic E-state index is 11.1. The topological polar surface area (TPSA) is 53.1 Å². The van der Waals surface area contributed by atoms with Crippen LogP contribution >= 0.6 is 0 Å². The number of fused-ring (bicyclic) bond motifs is 1. The maximum Gasteiger partial charge on any atom is 0.252 e. The van der Waals surface area contributed by atoms with Gasteiger partial charge in [-0.25, -0.2) is 0 Å². The van der Waals surface area contributed by atoms with Crippen molar-refractivity contribution >= 4 is 12.2 Å². The quantitative estimate of drug-likeness (QED) is 0.653. The summed E-state index contributed by atoms with van der Waals surface area (Å²) in [6.07, 6.45) is 7.59. The zero-order valence-corrected chi connectivity index (χ0v) is 7.82. The molecule has 1 aromatic rings. The summed E-state index contributed by atoms with van der Waals surface area (Å²) < 4.78 is 0. The zero-order chi connectivity index (χ0) is 10.1. The van der Waals surface area contributed by atoms with E-state index in [1.54, 1.807) is 0 Å². The highest BCUT2D eigenvalue weighted by Crippen LogP contribution is 2.23. The summed E-state index contributed by atoms with van der Waals surface area (Å²) in [5.74, 6) is 0.337. The minimum atomic E-state index is -0.283. The van der Waals surface area contributed by atoms with Crippen LogP contribution in [0.4, 0.5) is 0 Å². The number of allylic oxidation sites excluding steroid dienone is 2. The van der Waals surface area contributed by atoms with Gasteiger partial charge in [-0.2, -0.15) is 0 Å². The van der Waals surface area contributed by atoms with Gasteiger partial charge in [-0.15, -0.1) is 0 Å². The van der Waals surface area contributed by atoms with E-state index in [1.165, 1.54) is 6.07 Å². The van der Waals surface area contributed by atoms with Crippen LogP contribution in [0, 0.1) is 5.92 Å². The molecule has 1 unspecified atom stereocenters. The second-order valence-electron chi connectivity index (χ2n) is 3.42. The number of aromatic nitrogens is 1. The van der Waals surface area contributed by atoms with Gasteiger partial charge < -0.3 is 10.1 Å². The Morgan fingerprint density at radius 2 is 2.07 bits per heavy atom. The summed E-state index contributed by atoms with van der Waals surface area (Å²) in [6.45, 7) is 2.04. The third-order valence-corrected chi connectivity index (χ3v) is 2.22. The van der Waals surface area contributed by atoms with E-state index in [9.17, 15) is 9.90 Å². The van der Waals surface area contributed by atoms with Crippen molar-refractivity contribution in [2.24, 2.45) is 5.92 Å². The number of aromatic hydroxyl groups is 1. The average Bonchev–Trinajstić information content (AvgIpc) is 2.28. The molecule has 1 aliphatic carbocycles. The van der Waals surface area contributed by atoms with Gasteiger partial charge >= 0.3 is 0 Å². The molecule has 0 spiro atoms. The first-order valence-corrected chi connectivity index (χ1v) is 4.49. The van der Waals surface area contributed by atoms with E-state index in [0.717, 1.165) is 0 Å². The Bertz CT molecular complexity index is 469. The van der Waals surface area contributed by atoms with E-state index in [1.807, 2.05) is 31.2 Å². The summed E-state index contributed by atoms with van der Waals surface area (Å²) in [4.78, 5) is 13.8. The Kier molecular flexibility index (Phi) is 2.00. The molecule has 1 aliphatic rings. The SMILES string of the molecule is CC1C=Cc2[nH]c(=O)cc(O)c2C=C1. The molecule has 72 valence electrons. The molecule has 0 fully saturated rings. The molecular formula is C11H11NO2. The molecule has 1 heterocycles. The number of hydrogen-bond donors (Lipinski definition) is 2. The summed E-state index contributed by atoms with van der Waals surface area (Å²) in [6, 6.07) is 1.19. The predicted molar refractivity (Wildman–Crippen MR) is 56.0 cm³/mol. The molecule has 3 nitrogen and oxygen atoms in total. The van der Waals surface area contributed by atoms with E-state index in [4.69, 9.17) is 0 Å². The Hall–Kier alpha value is -1.77. The van der Waals surface area contributed by atoms with E-state index < -0.39 is 0 Å². The lowest BCUT2D eigenvalue weighted by atomic mass is 10.1. The molecule has 0 bridgehead atoms. The number of pyridine rings is 1. The lowest BCUT2D eigenvalue weighted by Crippen LogP contribution is -2.06. The molecule has 3 heteroatoms. The van der Waals surface area contributed by atoms with Gasteiger partial charge in [0.25, 0.3) is 5.56 Å². The standard InChI is InChI=1S/C11H11NO2/c1-7-2-4-8-9(5-3-7)12-11(14)6-10(8)13/h2-7H,1H3,(H2,12,13,14). The first kappa shape index (κ1) is 8.81. The Balaban J connectivity index is 2.68. The molecule has 14 heavy (non-hydrogen) atoms. The van der Waals surface area contributed by atoms with Gasteiger partial charge in [-0.3, -0.25) is 4.79 Å². The molecule has 1 atom stereocenters. The highest BCUT2D eigenvalue weighted by atomic mass is 16.3. The molecule has 1 aromatic heterocycles. The lowest BCUT2D eigenvalue weighted by molar-refractivity contribution is 0.472. The van der Waals surface area contributed by atoms with Gasteiger partial charge in [-0.1, -0.05) is 25.2 Å². The Labute approximate surface area is 81.4 Å². The van der Waals surface area contributed by atoms with Crippen molar-refractivity contribution < 1.29 is 5.11 Å². The fraction of sp³-hybridized carbons (Fsp3) is 0.182. The molecule has 2 N–H and O–H groups in total. The number of H-pyrrole nitrogens is 1. The van der Waals surface area contributed by atoms with E-state index in [-0.39, 0.29) is 11.3 Å². The van der Waals surface area contributed by atoms with Gasteiger partial charge in [0.2, 0.25) is 0 Å². The van der Waals surface area contributed by atoms with Gasteiger partial charge in [0, 0.05) is 11.6 Å². The third kappa shape index (κ3) is 1.48. The number of nitrogens with one attached hydrogen (secondary N) is 1. The second-order valence-corrected chi connectivity index (χ2v) is 3.42. The van der Waals surface area contributed by atoms with Gasteiger partial charge in [0.05, 0.1) is 5.69 Å². The molecule has 0 saturated heterocycles. The smallest absolute Gasteiger partial charge is 0.252 e. The van der Waals surface area contributed by atoms with Crippen molar-refractivity contribution in [2.45, 2.75) is 6.92 Å². The number of aromatic amines is 1. The van der Waals surface area contributed by atoms with Crippen molar-refractivity contribution in [3.05, 3.63) is 39.8 Å². The minimum Gasteiger partial charge on any atom is -0.507 e. The summed E-state index contributed by atoms with van der Waals surface area (Å²) in [5.41, 5.74) is 1.05. The van der Waals surface area contributed by atoms with E-state index in [0.29, 0.717) is 17.2 Å². The highest BCUT2D eigenvalue weighted by Gasteiger charge is 2.07. The van der Waals surface area contributed by atoms with Crippen LogP contribution in [0.5, 0.6) is 5.75 Å². The van der Waals surface area contributed by atoms with Crippen LogP contribution in [0.3, 0.4) is 0 Å². The van der Waals surface area contributed by atoms with Crippen molar-refractivity contribution in [1.29, 1.82) is 0 Å². The maximum absolute atomic E-state index is 11.1. The fourth-order valence-electron chi connectivity index (χ4n) is 1.44. The number of rotatable bonds is 0. The first-order chi connectivity index (χ1) is 6.66. The second kappa shape index (κ2) is 3.18. The molecule has 0 amide bonds. The van der Waals surface area contributed by atoms with Crippen LogP contribution in [-0.4, -0.2) is 10.1 Å². The van der Waals surface area contributed by atoms with Gasteiger partial charge in [-0.05, 0) is 12.0 Å². The van der Waals surface area contributed by atoms with Crippen LogP contribution in [0.1, 0.15) is 18.2 Å². The van der Waals surface area contributed by atoms with Gasteiger partial charge in [0.1, 0.15) is 5.75 Å². The van der Waals surface area contributed by atoms with Crippen LogP contribution < -0.4 is 5.56 Å². The molecule has 0 aliphatic heterocycles. The van der Waals surface area contributed by atoms with Crippen LogP contribution in [0.25, 0.3) is 12.2 Å². The van der Waals surface area contributed by atoms with Crippen LogP contribution in [0.15, 0.2) is 23.0 Å². The third-order valence-electron chi connectivity index (χ3n) is 2.22. The molecular weight excluding hydrogens is 178 g/mol. The van der Waals surface area contributed by atoms with Crippen molar-refractivity contribution in [3.8, 4) is 5.75 Å². The minimum absolute atomic E-state index is 0.0266. The van der Waals surface area contributed by atoms with Crippen molar-refractivity contribution in [3.63, 3.8) is 0 Å². The monoisotopic (exact) mass is 189 g/mol. The predicted octanol–water partition coefficient (Wildman–Crippen LogP) is 1.76. The van der Waals surface area contributed by atoms with Crippen molar-refractivity contribution in [1.82, 2.24) is 4.98 Å². The molecule has 0 radical (unpaired) electrons. The largest absolute Gasteiger partial charge is 0.507 e.